The van der Waals surface area contributed by atoms with E-state index in [-0.39, 0.29) is 5.75 Å². The van der Waals surface area contributed by atoms with Crippen LogP contribution in [0.1, 0.15) is 30.9 Å². The first kappa shape index (κ1) is 14.1. The average molecular weight is 281 g/mol. The number of hydrogen-bond donors (Lipinski definition) is 1. The van der Waals surface area contributed by atoms with Gasteiger partial charge in [0.15, 0.2) is 9.84 Å². The summed E-state index contributed by atoms with van der Waals surface area (Å²) in [6, 6.07) is 5.81. The van der Waals surface area contributed by atoms with Crippen LogP contribution in [0, 0.1) is 0 Å². The Morgan fingerprint density at radius 3 is 2.74 bits per heavy atom. The third-order valence-corrected chi connectivity index (χ3v) is 4.98. The van der Waals surface area contributed by atoms with E-state index in [1.165, 1.54) is 11.1 Å². The van der Waals surface area contributed by atoms with Gasteiger partial charge in [0.2, 0.25) is 5.91 Å². The van der Waals surface area contributed by atoms with E-state index in [9.17, 15) is 13.2 Å². The molecule has 0 spiro atoms. The van der Waals surface area contributed by atoms with E-state index in [1.807, 2.05) is 18.2 Å². The zero-order valence-corrected chi connectivity index (χ0v) is 11.9. The van der Waals surface area contributed by atoms with E-state index >= 15 is 0 Å². The number of fused-ring (bicyclic) bond motifs is 1. The number of anilines is 1. The third-order valence-electron chi connectivity index (χ3n) is 3.25. The second kappa shape index (κ2) is 5.74. The minimum atomic E-state index is -3.27. The summed E-state index contributed by atoms with van der Waals surface area (Å²) in [6.07, 6.45) is 3.81. The molecule has 2 rings (SSSR count). The molecule has 0 unspecified atom stereocenters. The first-order chi connectivity index (χ1) is 9.00. The summed E-state index contributed by atoms with van der Waals surface area (Å²) in [5, 5.41) is 2.67. The number of sulfone groups is 1. The van der Waals surface area contributed by atoms with Gasteiger partial charge in [0.25, 0.3) is 0 Å². The van der Waals surface area contributed by atoms with Crippen LogP contribution in [0.3, 0.4) is 0 Å². The second-order valence-electron chi connectivity index (χ2n) is 4.98. The summed E-state index contributed by atoms with van der Waals surface area (Å²) < 4.78 is 23.1. The highest BCUT2D eigenvalue weighted by atomic mass is 32.2. The summed E-state index contributed by atoms with van der Waals surface area (Å²) in [5.41, 5.74) is 3.28. The maximum atomic E-state index is 11.7. The van der Waals surface area contributed by atoms with Crippen molar-refractivity contribution >= 4 is 21.4 Å². The minimum absolute atomic E-state index is 0.0601. The highest BCUT2D eigenvalue weighted by Gasteiger charge is 2.16. The van der Waals surface area contributed by atoms with E-state index < -0.39 is 21.5 Å². The van der Waals surface area contributed by atoms with Gasteiger partial charge in [0.05, 0.1) is 5.75 Å². The molecular formula is C14H19NO3S. The van der Waals surface area contributed by atoms with Gasteiger partial charge in [-0.05, 0) is 48.9 Å². The number of hydrogen-bond acceptors (Lipinski definition) is 3. The van der Waals surface area contributed by atoms with Gasteiger partial charge < -0.3 is 5.32 Å². The number of nitrogens with one attached hydrogen (secondary N) is 1. The van der Waals surface area contributed by atoms with E-state index in [0.717, 1.165) is 19.3 Å². The Balaban J connectivity index is 2.00. The molecule has 0 fully saturated rings. The Labute approximate surface area is 114 Å². The highest BCUT2D eigenvalue weighted by Crippen LogP contribution is 2.24. The fourth-order valence-electron chi connectivity index (χ4n) is 2.43. The summed E-state index contributed by atoms with van der Waals surface area (Å²) >= 11 is 0. The predicted octanol–water partition coefficient (Wildman–Crippen LogP) is 1.94. The van der Waals surface area contributed by atoms with Crippen LogP contribution in [-0.2, 0) is 27.5 Å². The average Bonchev–Trinajstić information content (AvgIpc) is 2.74. The van der Waals surface area contributed by atoms with Crippen LogP contribution in [0.25, 0.3) is 0 Å². The molecule has 0 bridgehead atoms. The third kappa shape index (κ3) is 3.80. The lowest BCUT2D eigenvalue weighted by molar-refractivity contribution is -0.113. The van der Waals surface area contributed by atoms with Crippen LogP contribution in [0.5, 0.6) is 0 Å². The van der Waals surface area contributed by atoms with Gasteiger partial charge >= 0.3 is 0 Å². The van der Waals surface area contributed by atoms with Crippen LogP contribution < -0.4 is 5.32 Å². The lowest BCUT2D eigenvalue weighted by Gasteiger charge is -2.07. The smallest absolute Gasteiger partial charge is 0.239 e. The number of aryl methyl sites for hydroxylation is 2. The molecule has 1 aromatic rings. The first-order valence-corrected chi connectivity index (χ1v) is 8.44. The largest absolute Gasteiger partial charge is 0.325 e. The summed E-state index contributed by atoms with van der Waals surface area (Å²) in [5.74, 6) is -0.825. The maximum Gasteiger partial charge on any atom is 0.239 e. The molecule has 19 heavy (non-hydrogen) atoms. The first-order valence-electron chi connectivity index (χ1n) is 6.62. The zero-order chi connectivity index (χ0) is 13.9. The molecule has 0 aliphatic heterocycles. The van der Waals surface area contributed by atoms with E-state index in [4.69, 9.17) is 0 Å². The number of carbonyl (C=O) groups is 1. The van der Waals surface area contributed by atoms with Crippen molar-refractivity contribution in [1.29, 1.82) is 0 Å². The van der Waals surface area contributed by atoms with Crippen LogP contribution in [0.2, 0.25) is 0 Å². The molecule has 104 valence electrons. The van der Waals surface area contributed by atoms with Crippen molar-refractivity contribution in [2.24, 2.45) is 0 Å². The topological polar surface area (TPSA) is 63.2 Å². The molecule has 0 radical (unpaired) electrons. The van der Waals surface area contributed by atoms with Gasteiger partial charge in [-0.2, -0.15) is 0 Å². The van der Waals surface area contributed by atoms with E-state index in [1.54, 1.807) is 6.92 Å². The van der Waals surface area contributed by atoms with Crippen molar-refractivity contribution in [2.45, 2.75) is 32.6 Å². The Kier molecular flexibility index (Phi) is 4.24. The summed E-state index contributed by atoms with van der Waals surface area (Å²) in [4.78, 5) is 11.7. The van der Waals surface area contributed by atoms with Crippen LogP contribution in [0.4, 0.5) is 5.69 Å². The van der Waals surface area contributed by atoms with Crippen LogP contribution in [0.15, 0.2) is 18.2 Å². The minimum Gasteiger partial charge on any atom is -0.325 e. The number of rotatable bonds is 5. The molecule has 5 heteroatoms. The Morgan fingerprint density at radius 2 is 2.00 bits per heavy atom. The van der Waals surface area contributed by atoms with Gasteiger partial charge in [-0.1, -0.05) is 13.0 Å². The fourth-order valence-corrected chi connectivity index (χ4v) is 3.67. The molecule has 1 aromatic carbocycles. The lowest BCUT2D eigenvalue weighted by atomic mass is 10.1. The monoisotopic (exact) mass is 281 g/mol. The predicted molar refractivity (Wildman–Crippen MR) is 76.0 cm³/mol. The van der Waals surface area contributed by atoms with Crippen molar-refractivity contribution in [2.75, 3.05) is 16.8 Å². The summed E-state index contributed by atoms with van der Waals surface area (Å²) in [6.45, 7) is 1.79. The van der Waals surface area contributed by atoms with Crippen molar-refractivity contribution in [1.82, 2.24) is 0 Å². The molecule has 0 saturated carbocycles. The number of benzene rings is 1. The zero-order valence-electron chi connectivity index (χ0n) is 11.1. The van der Waals surface area contributed by atoms with Crippen LogP contribution in [-0.4, -0.2) is 25.8 Å². The van der Waals surface area contributed by atoms with Gasteiger partial charge in [-0.25, -0.2) is 8.42 Å². The molecule has 0 heterocycles. The Bertz CT molecular complexity index is 578. The molecular weight excluding hydrogens is 262 g/mol. The van der Waals surface area contributed by atoms with Crippen molar-refractivity contribution in [3.63, 3.8) is 0 Å². The molecule has 1 aliphatic carbocycles. The van der Waals surface area contributed by atoms with Gasteiger partial charge in [-0.15, -0.1) is 0 Å². The van der Waals surface area contributed by atoms with Crippen molar-refractivity contribution < 1.29 is 13.2 Å². The Morgan fingerprint density at radius 1 is 1.26 bits per heavy atom. The van der Waals surface area contributed by atoms with Gasteiger partial charge in [0.1, 0.15) is 5.75 Å². The van der Waals surface area contributed by atoms with Crippen LogP contribution >= 0.6 is 0 Å². The van der Waals surface area contributed by atoms with E-state index in [0.29, 0.717) is 12.1 Å². The quantitative estimate of drug-likeness (QED) is 0.897. The molecule has 0 atom stereocenters. The number of amides is 1. The Hall–Kier alpha value is -1.36. The maximum absolute atomic E-state index is 11.7. The lowest BCUT2D eigenvalue weighted by Crippen LogP contribution is -2.24. The molecule has 1 aliphatic rings. The molecule has 4 nitrogen and oxygen atoms in total. The molecule has 1 amide bonds. The second-order valence-corrected chi connectivity index (χ2v) is 7.16. The molecule has 1 N–H and O–H groups in total. The van der Waals surface area contributed by atoms with Gasteiger partial charge in [0, 0.05) is 5.69 Å². The van der Waals surface area contributed by atoms with Gasteiger partial charge in [-0.3, -0.25) is 4.79 Å². The SMILES string of the molecule is CCCS(=O)(=O)CC(=O)Nc1ccc2c(c1)CCC2. The van der Waals surface area contributed by atoms with Crippen molar-refractivity contribution in [3.8, 4) is 0 Å². The number of carbonyl (C=O) groups excluding carboxylic acids is 1. The molecule has 0 saturated heterocycles. The standard InChI is InChI=1S/C14H19NO3S/c1-2-8-19(17,18)10-14(16)15-13-7-6-11-4-3-5-12(11)9-13/h6-7,9H,2-5,8,10H2,1H3,(H,15,16). The fraction of sp³-hybridized carbons (Fsp3) is 0.500. The molecule has 0 aromatic heterocycles. The van der Waals surface area contributed by atoms with Crippen molar-refractivity contribution in [3.05, 3.63) is 29.3 Å². The highest BCUT2D eigenvalue weighted by molar-refractivity contribution is 7.92. The van der Waals surface area contributed by atoms with E-state index in [2.05, 4.69) is 5.32 Å². The normalized spacial score (nSPS) is 14.2. The summed E-state index contributed by atoms with van der Waals surface area (Å²) in [7, 11) is -3.27.